The number of carbonyl (C=O) groups excluding carboxylic acids is 5. The highest BCUT2D eigenvalue weighted by molar-refractivity contribution is 5.92. The van der Waals surface area contributed by atoms with E-state index in [1.807, 2.05) is 27.7 Å². The molecule has 3 amide bonds. The second kappa shape index (κ2) is 15.2. The van der Waals surface area contributed by atoms with Crippen molar-refractivity contribution < 1.29 is 38.6 Å². The standard InChI is InChI=1S/C29H43N3O8/c1-16(2)13-22-28(37)32-25(18(5)6)29(38)40-23(14-17(3)4)27(36)31-21(15-19-7-9-20(33)10-8-19)26(35)30-12-11-24(34)39-22/h7-10,16-18,21-23,25,33H,11-15H2,1-6H3,(H,30,35)(H,31,36)(H,32,37). The van der Waals surface area contributed by atoms with Gasteiger partial charge in [-0.25, -0.2) is 4.79 Å². The van der Waals surface area contributed by atoms with Gasteiger partial charge in [0.25, 0.3) is 11.8 Å². The summed E-state index contributed by atoms with van der Waals surface area (Å²) in [4.78, 5) is 65.4. The molecule has 0 radical (unpaired) electrons. The Bertz CT molecular complexity index is 1040. The van der Waals surface area contributed by atoms with Crippen molar-refractivity contribution in [3.63, 3.8) is 0 Å². The van der Waals surface area contributed by atoms with Crippen LogP contribution in [0.2, 0.25) is 0 Å². The minimum absolute atomic E-state index is 0.0121. The van der Waals surface area contributed by atoms with Crippen LogP contribution in [0.5, 0.6) is 5.75 Å². The number of phenols is 1. The van der Waals surface area contributed by atoms with Gasteiger partial charge in [-0.3, -0.25) is 19.2 Å². The number of aromatic hydroxyl groups is 1. The SMILES string of the molecule is CC(C)CC1OC(=O)CCNC(=O)C(Cc2ccc(O)cc2)NC(=O)C(CC(C)C)OC(=O)C(C(C)C)NC1=O. The molecule has 2 rings (SSSR count). The number of phenolic OH excluding ortho intramolecular Hbond substituents is 1. The summed E-state index contributed by atoms with van der Waals surface area (Å²) in [6.45, 7) is 10.9. The fourth-order valence-electron chi connectivity index (χ4n) is 4.20. The van der Waals surface area contributed by atoms with E-state index in [4.69, 9.17) is 9.47 Å². The first kappa shape index (κ1) is 32.6. The molecule has 1 aromatic rings. The Morgan fingerprint density at radius 3 is 1.90 bits per heavy atom. The van der Waals surface area contributed by atoms with Gasteiger partial charge in [0.2, 0.25) is 5.91 Å². The Morgan fingerprint density at radius 2 is 1.35 bits per heavy atom. The molecule has 1 heterocycles. The second-order valence-corrected chi connectivity index (χ2v) is 11.4. The average molecular weight is 562 g/mol. The maximum absolute atomic E-state index is 13.4. The monoisotopic (exact) mass is 561 g/mol. The Hall–Kier alpha value is -3.63. The molecule has 0 spiro atoms. The predicted molar refractivity (Wildman–Crippen MR) is 147 cm³/mol. The molecular weight excluding hydrogens is 518 g/mol. The van der Waals surface area contributed by atoms with Crippen LogP contribution in [0.1, 0.15) is 66.4 Å². The van der Waals surface area contributed by atoms with Crippen LogP contribution >= 0.6 is 0 Å². The third-order valence-corrected chi connectivity index (χ3v) is 6.34. The predicted octanol–water partition coefficient (Wildman–Crippen LogP) is 2.00. The molecular formula is C29H43N3O8. The molecule has 1 aliphatic heterocycles. The molecule has 11 nitrogen and oxygen atoms in total. The van der Waals surface area contributed by atoms with Crippen molar-refractivity contribution in [2.75, 3.05) is 6.54 Å². The van der Waals surface area contributed by atoms with E-state index in [9.17, 15) is 29.1 Å². The van der Waals surface area contributed by atoms with Crippen molar-refractivity contribution in [2.45, 2.75) is 91.5 Å². The lowest BCUT2D eigenvalue weighted by Crippen LogP contribution is -2.54. The number of amides is 3. The van der Waals surface area contributed by atoms with Crippen molar-refractivity contribution in [3.8, 4) is 5.75 Å². The molecule has 1 fully saturated rings. The summed E-state index contributed by atoms with van der Waals surface area (Å²) in [6, 6.07) is 4.05. The van der Waals surface area contributed by atoms with E-state index in [0.29, 0.717) is 5.56 Å². The summed E-state index contributed by atoms with van der Waals surface area (Å²) in [7, 11) is 0. The third kappa shape index (κ3) is 10.5. The molecule has 40 heavy (non-hydrogen) atoms. The van der Waals surface area contributed by atoms with E-state index < -0.39 is 54.0 Å². The zero-order valence-electron chi connectivity index (χ0n) is 24.2. The third-order valence-electron chi connectivity index (χ3n) is 6.34. The number of hydrogen-bond donors (Lipinski definition) is 4. The zero-order valence-corrected chi connectivity index (χ0v) is 24.2. The number of rotatable bonds is 7. The highest BCUT2D eigenvalue weighted by atomic mass is 16.6. The summed E-state index contributed by atoms with van der Waals surface area (Å²) in [5.74, 6) is -3.67. The molecule has 4 unspecified atom stereocenters. The molecule has 222 valence electrons. The van der Waals surface area contributed by atoms with Gasteiger partial charge in [0, 0.05) is 13.0 Å². The van der Waals surface area contributed by atoms with Gasteiger partial charge in [0.1, 0.15) is 17.8 Å². The summed E-state index contributed by atoms with van der Waals surface area (Å²) < 4.78 is 11.1. The van der Waals surface area contributed by atoms with Gasteiger partial charge >= 0.3 is 11.9 Å². The average Bonchev–Trinajstić information content (AvgIpc) is 2.85. The fraction of sp³-hybridized carbons (Fsp3) is 0.621. The van der Waals surface area contributed by atoms with Crippen molar-refractivity contribution in [2.24, 2.45) is 17.8 Å². The van der Waals surface area contributed by atoms with Gasteiger partial charge in [-0.2, -0.15) is 0 Å². The number of benzene rings is 1. The van der Waals surface area contributed by atoms with Gasteiger partial charge in [-0.05, 0) is 48.3 Å². The fourth-order valence-corrected chi connectivity index (χ4v) is 4.20. The normalized spacial score (nSPS) is 23.9. The minimum Gasteiger partial charge on any atom is -0.508 e. The number of nitrogens with one attached hydrogen (secondary N) is 3. The van der Waals surface area contributed by atoms with E-state index in [-0.39, 0.29) is 55.7 Å². The van der Waals surface area contributed by atoms with Crippen molar-refractivity contribution >= 4 is 29.7 Å². The van der Waals surface area contributed by atoms with E-state index in [2.05, 4.69) is 16.0 Å². The zero-order chi connectivity index (χ0) is 30.0. The minimum atomic E-state index is -1.21. The Labute approximate surface area is 235 Å². The summed E-state index contributed by atoms with van der Waals surface area (Å²) in [6.07, 6.45) is -2.03. The van der Waals surface area contributed by atoms with Crippen LogP contribution in [0.4, 0.5) is 0 Å². The molecule has 0 aromatic heterocycles. The molecule has 4 atom stereocenters. The molecule has 1 saturated heterocycles. The lowest BCUT2D eigenvalue weighted by atomic mass is 10.0. The first-order chi connectivity index (χ1) is 18.8. The Kier molecular flexibility index (Phi) is 12.4. The van der Waals surface area contributed by atoms with E-state index in [1.165, 1.54) is 12.1 Å². The Balaban J connectivity index is 2.42. The molecule has 0 saturated carbocycles. The highest BCUT2D eigenvalue weighted by Crippen LogP contribution is 2.17. The summed E-state index contributed by atoms with van der Waals surface area (Å²) >= 11 is 0. The highest BCUT2D eigenvalue weighted by Gasteiger charge is 2.35. The van der Waals surface area contributed by atoms with Crippen LogP contribution in [-0.2, 0) is 39.9 Å². The number of esters is 2. The van der Waals surface area contributed by atoms with Gasteiger partial charge in [0.05, 0.1) is 6.42 Å². The smallest absolute Gasteiger partial charge is 0.329 e. The van der Waals surface area contributed by atoms with Gasteiger partial charge < -0.3 is 30.5 Å². The number of carbonyl (C=O) groups is 5. The van der Waals surface area contributed by atoms with Crippen LogP contribution in [-0.4, -0.2) is 65.6 Å². The van der Waals surface area contributed by atoms with Crippen LogP contribution in [0.15, 0.2) is 24.3 Å². The maximum Gasteiger partial charge on any atom is 0.329 e. The number of cyclic esters (lactones) is 2. The molecule has 0 aliphatic carbocycles. The van der Waals surface area contributed by atoms with E-state index in [0.717, 1.165) is 0 Å². The van der Waals surface area contributed by atoms with Crippen molar-refractivity contribution in [1.82, 2.24) is 16.0 Å². The first-order valence-corrected chi connectivity index (χ1v) is 13.8. The van der Waals surface area contributed by atoms with Crippen molar-refractivity contribution in [1.29, 1.82) is 0 Å². The number of hydrogen-bond acceptors (Lipinski definition) is 8. The lowest BCUT2D eigenvalue weighted by molar-refractivity contribution is -0.163. The second-order valence-electron chi connectivity index (χ2n) is 11.4. The van der Waals surface area contributed by atoms with Gasteiger partial charge in [-0.1, -0.05) is 53.7 Å². The molecule has 11 heteroatoms. The van der Waals surface area contributed by atoms with Crippen LogP contribution in [0.3, 0.4) is 0 Å². The molecule has 1 aliphatic rings. The topological polar surface area (TPSA) is 160 Å². The maximum atomic E-state index is 13.4. The first-order valence-electron chi connectivity index (χ1n) is 13.8. The van der Waals surface area contributed by atoms with Crippen LogP contribution < -0.4 is 16.0 Å². The molecule has 0 bridgehead atoms. The molecule has 1 aromatic carbocycles. The largest absolute Gasteiger partial charge is 0.508 e. The van der Waals surface area contributed by atoms with Crippen LogP contribution in [0, 0.1) is 17.8 Å². The summed E-state index contributed by atoms with van der Waals surface area (Å²) in [5.41, 5.74) is 0.670. The Morgan fingerprint density at radius 1 is 0.800 bits per heavy atom. The number of ether oxygens (including phenoxy) is 2. The van der Waals surface area contributed by atoms with Gasteiger partial charge in [-0.15, -0.1) is 0 Å². The van der Waals surface area contributed by atoms with Crippen molar-refractivity contribution in [3.05, 3.63) is 29.8 Å². The van der Waals surface area contributed by atoms with E-state index in [1.54, 1.807) is 26.0 Å². The van der Waals surface area contributed by atoms with Gasteiger partial charge in [0.15, 0.2) is 12.2 Å². The molecule has 4 N–H and O–H groups in total. The summed E-state index contributed by atoms with van der Waals surface area (Å²) in [5, 5.41) is 17.6. The van der Waals surface area contributed by atoms with Crippen LogP contribution in [0.25, 0.3) is 0 Å². The lowest BCUT2D eigenvalue weighted by Gasteiger charge is -2.28. The quantitative estimate of drug-likeness (QED) is 0.368. The van der Waals surface area contributed by atoms with E-state index >= 15 is 0 Å².